The van der Waals surface area contributed by atoms with Gasteiger partial charge in [-0.3, -0.25) is 0 Å². The van der Waals surface area contributed by atoms with Crippen LogP contribution in [0, 0.1) is 0 Å². The van der Waals surface area contributed by atoms with Gasteiger partial charge in [-0.15, -0.1) is 0 Å². The van der Waals surface area contributed by atoms with E-state index in [-0.39, 0.29) is 6.04 Å². The van der Waals surface area contributed by atoms with Crippen LogP contribution in [0.5, 0.6) is 17.2 Å². The summed E-state index contributed by atoms with van der Waals surface area (Å²) in [4.78, 5) is 0. The minimum Gasteiger partial charge on any atom is -0.497 e. The van der Waals surface area contributed by atoms with Crippen LogP contribution in [0.15, 0.2) is 76.3 Å². The van der Waals surface area contributed by atoms with Gasteiger partial charge in [0.15, 0.2) is 0 Å². The van der Waals surface area contributed by atoms with Gasteiger partial charge in [-0.2, -0.15) is 5.10 Å². The van der Waals surface area contributed by atoms with Gasteiger partial charge >= 0.3 is 0 Å². The molecule has 152 valence electrons. The van der Waals surface area contributed by atoms with Crippen molar-refractivity contribution in [1.29, 1.82) is 0 Å². The largest absolute Gasteiger partial charge is 0.497 e. The number of nitrogens with zero attached hydrogens (tertiary/aromatic N) is 2. The predicted octanol–water partition coefficient (Wildman–Crippen LogP) is 5.71. The first-order chi connectivity index (χ1) is 14.7. The standard InChI is InChI=1S/C24H21BrN2O3/c1-28-17-11-12-19(23(13-17)29-2)24-27-21(18-5-3-4-6-22(18)30-24)14-20(26-27)15-7-9-16(25)10-8-15/h3-13,21,24H,14H2,1-2H3. The molecule has 0 radical (unpaired) electrons. The van der Waals surface area contributed by atoms with Crippen molar-refractivity contribution in [2.24, 2.45) is 5.10 Å². The van der Waals surface area contributed by atoms with Crippen molar-refractivity contribution in [3.05, 3.63) is 87.9 Å². The third kappa shape index (κ3) is 3.21. The molecule has 0 aromatic heterocycles. The fourth-order valence-electron chi connectivity index (χ4n) is 4.08. The van der Waals surface area contributed by atoms with E-state index in [9.17, 15) is 0 Å². The first-order valence-electron chi connectivity index (χ1n) is 9.77. The molecule has 3 aromatic rings. The highest BCUT2D eigenvalue weighted by Crippen LogP contribution is 2.49. The third-order valence-corrected chi connectivity index (χ3v) is 6.11. The van der Waals surface area contributed by atoms with E-state index in [4.69, 9.17) is 19.3 Å². The summed E-state index contributed by atoms with van der Waals surface area (Å²) < 4.78 is 18.5. The molecule has 0 bridgehead atoms. The monoisotopic (exact) mass is 464 g/mol. The second-order valence-corrected chi connectivity index (χ2v) is 8.19. The van der Waals surface area contributed by atoms with Gasteiger partial charge in [-0.25, -0.2) is 5.01 Å². The van der Waals surface area contributed by atoms with E-state index in [1.54, 1.807) is 14.2 Å². The second kappa shape index (κ2) is 7.69. The van der Waals surface area contributed by atoms with Gasteiger partial charge in [0.25, 0.3) is 0 Å². The summed E-state index contributed by atoms with van der Waals surface area (Å²) in [6.45, 7) is 0. The summed E-state index contributed by atoms with van der Waals surface area (Å²) in [6, 6.07) is 22.4. The minimum atomic E-state index is -0.390. The average molecular weight is 465 g/mol. The molecule has 30 heavy (non-hydrogen) atoms. The summed E-state index contributed by atoms with van der Waals surface area (Å²) >= 11 is 3.51. The molecule has 2 aliphatic rings. The Bertz CT molecular complexity index is 1110. The first kappa shape index (κ1) is 19.0. The van der Waals surface area contributed by atoms with E-state index in [0.717, 1.165) is 44.8 Å². The number of hydrogen-bond donors (Lipinski definition) is 0. The van der Waals surface area contributed by atoms with E-state index in [1.807, 2.05) is 48.5 Å². The quantitative estimate of drug-likeness (QED) is 0.495. The molecule has 0 N–H and O–H groups in total. The lowest BCUT2D eigenvalue weighted by Gasteiger charge is -2.38. The Morgan fingerprint density at radius 1 is 0.967 bits per heavy atom. The lowest BCUT2D eigenvalue weighted by Crippen LogP contribution is -2.33. The van der Waals surface area contributed by atoms with Crippen LogP contribution in [0.25, 0.3) is 0 Å². The predicted molar refractivity (Wildman–Crippen MR) is 119 cm³/mol. The number of para-hydroxylation sites is 1. The van der Waals surface area contributed by atoms with Crippen molar-refractivity contribution >= 4 is 21.6 Å². The van der Waals surface area contributed by atoms with Crippen molar-refractivity contribution in [3.63, 3.8) is 0 Å². The van der Waals surface area contributed by atoms with Crippen LogP contribution >= 0.6 is 15.9 Å². The molecule has 0 spiro atoms. The zero-order valence-electron chi connectivity index (χ0n) is 16.7. The molecule has 6 heteroatoms. The number of rotatable bonds is 4. The highest BCUT2D eigenvalue weighted by atomic mass is 79.9. The highest BCUT2D eigenvalue weighted by Gasteiger charge is 2.41. The molecule has 0 amide bonds. The Kier molecular flexibility index (Phi) is 4.87. The number of hydrogen-bond acceptors (Lipinski definition) is 5. The highest BCUT2D eigenvalue weighted by molar-refractivity contribution is 9.10. The van der Waals surface area contributed by atoms with E-state index in [1.165, 1.54) is 0 Å². The topological polar surface area (TPSA) is 43.3 Å². The van der Waals surface area contributed by atoms with Gasteiger partial charge in [0.1, 0.15) is 17.2 Å². The van der Waals surface area contributed by atoms with Crippen LogP contribution in [0.4, 0.5) is 0 Å². The van der Waals surface area contributed by atoms with E-state index >= 15 is 0 Å². The zero-order chi connectivity index (χ0) is 20.7. The number of hydrazone groups is 1. The Labute approximate surface area is 184 Å². The molecule has 0 fully saturated rings. The van der Waals surface area contributed by atoms with Gasteiger partial charge in [0.05, 0.1) is 31.5 Å². The Morgan fingerprint density at radius 2 is 1.77 bits per heavy atom. The van der Waals surface area contributed by atoms with Crippen LogP contribution in [-0.4, -0.2) is 24.9 Å². The van der Waals surface area contributed by atoms with Crippen LogP contribution in [-0.2, 0) is 0 Å². The minimum absolute atomic E-state index is 0.102. The number of ether oxygens (including phenoxy) is 3. The second-order valence-electron chi connectivity index (χ2n) is 7.27. The van der Waals surface area contributed by atoms with Crippen LogP contribution in [0.3, 0.4) is 0 Å². The SMILES string of the molecule is COc1ccc(C2Oc3ccccc3C3CC(c4ccc(Br)cc4)=NN32)c(OC)c1. The maximum atomic E-state index is 6.44. The summed E-state index contributed by atoms with van der Waals surface area (Å²) in [6.07, 6.45) is 0.426. The fourth-order valence-corrected chi connectivity index (χ4v) is 4.34. The van der Waals surface area contributed by atoms with Crippen molar-refractivity contribution in [3.8, 4) is 17.2 Å². The number of fused-ring (bicyclic) bond motifs is 3. The molecular formula is C24H21BrN2O3. The van der Waals surface area contributed by atoms with Gasteiger partial charge in [-0.05, 0) is 35.9 Å². The van der Waals surface area contributed by atoms with Crippen molar-refractivity contribution < 1.29 is 14.2 Å². The molecule has 2 heterocycles. The van der Waals surface area contributed by atoms with E-state index in [2.05, 4.69) is 39.1 Å². The van der Waals surface area contributed by atoms with Gasteiger partial charge in [0, 0.05) is 22.5 Å². The number of halogens is 1. The Hall–Kier alpha value is -2.99. The summed E-state index contributed by atoms with van der Waals surface area (Å²) in [5, 5.41) is 7.07. The van der Waals surface area contributed by atoms with E-state index < -0.39 is 6.23 Å². The molecule has 0 saturated carbocycles. The molecule has 5 nitrogen and oxygen atoms in total. The summed E-state index contributed by atoms with van der Waals surface area (Å²) in [5.41, 5.74) is 4.23. The van der Waals surface area contributed by atoms with E-state index in [0.29, 0.717) is 5.75 Å². The van der Waals surface area contributed by atoms with Crippen LogP contribution < -0.4 is 14.2 Å². The van der Waals surface area contributed by atoms with Gasteiger partial charge in [-0.1, -0.05) is 46.3 Å². The molecule has 0 saturated heterocycles. The van der Waals surface area contributed by atoms with Gasteiger partial charge in [0.2, 0.25) is 6.23 Å². The molecule has 5 rings (SSSR count). The van der Waals surface area contributed by atoms with Crippen molar-refractivity contribution in [2.75, 3.05) is 14.2 Å². The number of methoxy groups -OCH3 is 2. The summed E-state index contributed by atoms with van der Waals surface area (Å²) in [7, 11) is 3.31. The molecule has 2 unspecified atom stereocenters. The lowest BCUT2D eigenvalue weighted by atomic mass is 9.96. The third-order valence-electron chi connectivity index (χ3n) is 5.58. The van der Waals surface area contributed by atoms with Crippen molar-refractivity contribution in [1.82, 2.24) is 5.01 Å². The molecular weight excluding hydrogens is 444 g/mol. The lowest BCUT2D eigenvalue weighted by molar-refractivity contribution is -0.0203. The zero-order valence-corrected chi connectivity index (χ0v) is 18.3. The first-order valence-corrected chi connectivity index (χ1v) is 10.6. The average Bonchev–Trinajstić information content (AvgIpc) is 3.24. The van der Waals surface area contributed by atoms with Crippen molar-refractivity contribution in [2.45, 2.75) is 18.7 Å². The molecule has 2 atom stereocenters. The fraction of sp³-hybridized carbons (Fsp3) is 0.208. The smallest absolute Gasteiger partial charge is 0.217 e. The molecule has 0 aliphatic carbocycles. The van der Waals surface area contributed by atoms with Crippen LogP contribution in [0.2, 0.25) is 0 Å². The van der Waals surface area contributed by atoms with Gasteiger partial charge < -0.3 is 14.2 Å². The summed E-state index contributed by atoms with van der Waals surface area (Å²) in [5.74, 6) is 2.34. The normalized spacial score (nSPS) is 19.4. The Balaban J connectivity index is 1.60. The Morgan fingerprint density at radius 3 is 2.53 bits per heavy atom. The maximum Gasteiger partial charge on any atom is 0.217 e. The molecule has 2 aliphatic heterocycles. The number of benzene rings is 3. The maximum absolute atomic E-state index is 6.44. The molecule has 3 aromatic carbocycles. The van der Waals surface area contributed by atoms with Crippen LogP contribution in [0.1, 0.15) is 35.4 Å².